The van der Waals surface area contributed by atoms with E-state index >= 15 is 0 Å². The third-order valence-corrected chi connectivity index (χ3v) is 3.05. The Morgan fingerprint density at radius 1 is 1.44 bits per heavy atom. The van der Waals surface area contributed by atoms with Gasteiger partial charge >= 0.3 is 5.97 Å². The molecule has 1 N–H and O–H groups in total. The molecular formula is C13H15N2O3+. The number of aliphatic hydroxyl groups excluding tert-OH is 1. The standard InChI is InChI=1S/C13H14N2O3/c1-9-14(2)10-6-4-5-7-11(10)15(9)12(8-16)13(17)18-3/h4-8H,1-3H3/p+1. The van der Waals surface area contributed by atoms with Crippen LogP contribution in [-0.2, 0) is 16.6 Å². The summed E-state index contributed by atoms with van der Waals surface area (Å²) in [5, 5.41) is 9.28. The number of esters is 1. The maximum atomic E-state index is 11.7. The minimum atomic E-state index is -0.582. The lowest BCUT2D eigenvalue weighted by atomic mass is 10.3. The van der Waals surface area contributed by atoms with E-state index in [4.69, 9.17) is 0 Å². The van der Waals surface area contributed by atoms with Gasteiger partial charge in [0.15, 0.2) is 11.0 Å². The molecule has 5 nitrogen and oxygen atoms in total. The first-order valence-corrected chi connectivity index (χ1v) is 5.51. The molecule has 0 saturated carbocycles. The number of aromatic nitrogens is 2. The highest BCUT2D eigenvalue weighted by atomic mass is 16.5. The molecule has 0 saturated heterocycles. The van der Waals surface area contributed by atoms with E-state index in [1.807, 2.05) is 42.8 Å². The Balaban J connectivity index is 2.78. The molecule has 94 valence electrons. The molecule has 1 heterocycles. The third kappa shape index (κ3) is 1.64. The molecule has 0 amide bonds. The van der Waals surface area contributed by atoms with Crippen molar-refractivity contribution in [2.75, 3.05) is 7.11 Å². The van der Waals surface area contributed by atoms with Crippen molar-refractivity contribution in [2.45, 2.75) is 6.92 Å². The summed E-state index contributed by atoms with van der Waals surface area (Å²) in [5.41, 5.74) is 1.90. The number of hydrogen-bond acceptors (Lipinski definition) is 3. The van der Waals surface area contributed by atoms with Crippen molar-refractivity contribution < 1.29 is 19.2 Å². The average Bonchev–Trinajstić information content (AvgIpc) is 2.65. The first-order chi connectivity index (χ1) is 8.61. The molecule has 1 aromatic heterocycles. The number of hydrogen-bond donors (Lipinski definition) is 1. The molecule has 2 rings (SSSR count). The largest absolute Gasteiger partial charge is 0.511 e. The number of nitrogens with zero attached hydrogens (tertiary/aromatic N) is 2. The van der Waals surface area contributed by atoms with E-state index in [-0.39, 0.29) is 5.70 Å². The number of benzene rings is 1. The van der Waals surface area contributed by atoms with Crippen molar-refractivity contribution in [3.8, 4) is 0 Å². The number of rotatable bonds is 2. The quantitative estimate of drug-likeness (QED) is 0.377. The summed E-state index contributed by atoms with van der Waals surface area (Å²) in [7, 11) is 3.19. The van der Waals surface area contributed by atoms with E-state index < -0.39 is 5.97 Å². The zero-order chi connectivity index (χ0) is 13.3. The molecule has 0 spiro atoms. The molecule has 5 heteroatoms. The van der Waals surface area contributed by atoms with Crippen molar-refractivity contribution in [2.24, 2.45) is 7.05 Å². The van der Waals surface area contributed by atoms with Crippen LogP contribution in [-0.4, -0.2) is 22.8 Å². The molecule has 18 heavy (non-hydrogen) atoms. The number of methoxy groups -OCH3 is 1. The van der Waals surface area contributed by atoms with E-state index in [2.05, 4.69) is 4.74 Å². The van der Waals surface area contributed by atoms with Crippen molar-refractivity contribution in [3.05, 3.63) is 36.4 Å². The number of aliphatic hydroxyl groups is 1. The Morgan fingerprint density at radius 3 is 2.72 bits per heavy atom. The fourth-order valence-electron chi connectivity index (χ4n) is 2.05. The van der Waals surface area contributed by atoms with Crippen LogP contribution in [0.3, 0.4) is 0 Å². The Morgan fingerprint density at radius 2 is 2.11 bits per heavy atom. The molecule has 0 aliphatic rings. The van der Waals surface area contributed by atoms with Crippen molar-refractivity contribution in [1.82, 2.24) is 4.57 Å². The van der Waals surface area contributed by atoms with Gasteiger partial charge in [-0.05, 0) is 12.1 Å². The monoisotopic (exact) mass is 247 g/mol. The van der Waals surface area contributed by atoms with E-state index in [9.17, 15) is 9.90 Å². The Labute approximate surface area is 105 Å². The highest BCUT2D eigenvalue weighted by molar-refractivity contribution is 6.11. The second kappa shape index (κ2) is 4.52. The predicted molar refractivity (Wildman–Crippen MR) is 66.8 cm³/mol. The molecule has 1 aromatic carbocycles. The van der Waals surface area contributed by atoms with Crippen LogP contribution >= 0.6 is 0 Å². The number of para-hydroxylation sites is 2. The first-order valence-electron chi connectivity index (χ1n) is 5.51. The van der Waals surface area contributed by atoms with E-state index in [1.54, 1.807) is 4.57 Å². The van der Waals surface area contributed by atoms with Gasteiger partial charge in [-0.2, -0.15) is 4.57 Å². The van der Waals surface area contributed by atoms with E-state index in [0.29, 0.717) is 0 Å². The normalized spacial score (nSPS) is 11.8. The fourth-order valence-corrected chi connectivity index (χ4v) is 2.05. The molecule has 0 unspecified atom stereocenters. The van der Waals surface area contributed by atoms with Gasteiger partial charge in [0, 0.05) is 6.92 Å². The highest BCUT2D eigenvalue weighted by Gasteiger charge is 2.27. The number of carbonyl (C=O) groups excluding carboxylic acids is 1. The number of fused-ring (bicyclic) bond motifs is 1. The van der Waals surface area contributed by atoms with Gasteiger partial charge in [-0.1, -0.05) is 12.1 Å². The Bertz CT molecular complexity index is 641. The molecular weight excluding hydrogens is 232 g/mol. The first kappa shape index (κ1) is 12.2. The smallest absolute Gasteiger partial charge is 0.381 e. The van der Waals surface area contributed by atoms with Gasteiger partial charge in [0.1, 0.15) is 6.26 Å². The maximum absolute atomic E-state index is 11.7. The van der Waals surface area contributed by atoms with Crippen molar-refractivity contribution >= 4 is 22.7 Å². The van der Waals surface area contributed by atoms with Gasteiger partial charge in [0.2, 0.25) is 0 Å². The van der Waals surface area contributed by atoms with E-state index in [0.717, 1.165) is 23.1 Å². The molecule has 0 bridgehead atoms. The summed E-state index contributed by atoms with van der Waals surface area (Å²) in [6, 6.07) is 7.64. The number of ether oxygens (including phenoxy) is 1. The van der Waals surface area contributed by atoms with Crippen LogP contribution in [0.15, 0.2) is 30.5 Å². The van der Waals surface area contributed by atoms with Gasteiger partial charge in [0.25, 0.3) is 11.5 Å². The Kier molecular flexibility index (Phi) is 3.06. The fraction of sp³-hybridized carbons (Fsp3) is 0.231. The van der Waals surface area contributed by atoms with Crippen LogP contribution < -0.4 is 4.57 Å². The average molecular weight is 247 g/mol. The maximum Gasteiger partial charge on any atom is 0.381 e. The molecule has 2 aromatic rings. The van der Waals surface area contributed by atoms with Crippen LogP contribution in [0.25, 0.3) is 16.7 Å². The van der Waals surface area contributed by atoms with Gasteiger partial charge < -0.3 is 9.84 Å². The summed E-state index contributed by atoms with van der Waals surface area (Å²) >= 11 is 0. The summed E-state index contributed by atoms with van der Waals surface area (Å²) in [4.78, 5) is 11.7. The highest BCUT2D eigenvalue weighted by Crippen LogP contribution is 2.19. The lowest BCUT2D eigenvalue weighted by Gasteiger charge is -2.01. The number of imidazole rings is 1. The number of aryl methyl sites for hydroxylation is 1. The lowest BCUT2D eigenvalue weighted by Crippen LogP contribution is -2.31. The number of carbonyl (C=O) groups is 1. The second-order valence-electron chi connectivity index (χ2n) is 3.94. The third-order valence-electron chi connectivity index (χ3n) is 3.05. The zero-order valence-electron chi connectivity index (χ0n) is 10.5. The van der Waals surface area contributed by atoms with Crippen LogP contribution in [0, 0.1) is 6.92 Å². The van der Waals surface area contributed by atoms with Gasteiger partial charge in [-0.3, -0.25) is 0 Å². The van der Waals surface area contributed by atoms with Crippen molar-refractivity contribution in [1.29, 1.82) is 0 Å². The molecule has 0 aliphatic carbocycles. The van der Waals surface area contributed by atoms with Crippen LogP contribution in [0.4, 0.5) is 0 Å². The SMILES string of the molecule is COC(=O)/C(=C\O)n1c(C)[n+](C)c2ccccc21. The minimum absolute atomic E-state index is 0.0896. The topological polar surface area (TPSA) is 55.3 Å². The van der Waals surface area contributed by atoms with Crippen LogP contribution in [0.5, 0.6) is 0 Å². The van der Waals surface area contributed by atoms with Gasteiger partial charge in [-0.15, -0.1) is 0 Å². The minimum Gasteiger partial charge on any atom is -0.511 e. The summed E-state index contributed by atoms with van der Waals surface area (Å²) < 4.78 is 8.29. The Hall–Kier alpha value is -2.30. The zero-order valence-corrected chi connectivity index (χ0v) is 10.5. The second-order valence-corrected chi connectivity index (χ2v) is 3.94. The van der Waals surface area contributed by atoms with Gasteiger partial charge in [0.05, 0.1) is 14.2 Å². The molecule has 0 aliphatic heterocycles. The van der Waals surface area contributed by atoms with Crippen molar-refractivity contribution in [3.63, 3.8) is 0 Å². The van der Waals surface area contributed by atoms with Crippen LogP contribution in [0.2, 0.25) is 0 Å². The predicted octanol–water partition coefficient (Wildman–Crippen LogP) is 1.30. The van der Waals surface area contributed by atoms with Crippen LogP contribution in [0.1, 0.15) is 5.82 Å². The molecule has 0 radical (unpaired) electrons. The molecule has 0 fully saturated rings. The van der Waals surface area contributed by atoms with E-state index in [1.165, 1.54) is 7.11 Å². The van der Waals surface area contributed by atoms with Gasteiger partial charge in [-0.25, -0.2) is 9.36 Å². The summed E-state index contributed by atoms with van der Waals surface area (Å²) in [6.45, 7) is 1.87. The summed E-state index contributed by atoms with van der Waals surface area (Å²) in [6.07, 6.45) is 0.769. The summed E-state index contributed by atoms with van der Waals surface area (Å²) in [5.74, 6) is 0.240. The molecule has 0 atom stereocenters. The lowest BCUT2D eigenvalue weighted by molar-refractivity contribution is -0.651.